The molecule has 0 radical (unpaired) electrons. The molecule has 1 heterocycles. The second kappa shape index (κ2) is 3.99. The van der Waals surface area contributed by atoms with Crippen LogP contribution in [0.5, 0.6) is 5.75 Å². The molecule has 0 saturated carbocycles. The van der Waals surface area contributed by atoms with Crippen LogP contribution in [0, 0.1) is 5.82 Å². The summed E-state index contributed by atoms with van der Waals surface area (Å²) in [4.78, 5) is 0. The lowest BCUT2D eigenvalue weighted by atomic mass is 10.1. The van der Waals surface area contributed by atoms with Crippen molar-refractivity contribution in [2.24, 2.45) is 0 Å². The maximum atomic E-state index is 13.2. The molecule has 2 nitrogen and oxygen atoms in total. The van der Waals surface area contributed by atoms with E-state index in [0.717, 1.165) is 5.56 Å². The highest BCUT2D eigenvalue weighted by molar-refractivity contribution is 6.32. The predicted molar refractivity (Wildman–Crippen MR) is 57.9 cm³/mol. The molecule has 0 saturated heterocycles. The molecule has 0 spiro atoms. The number of hydrogen-bond donors (Lipinski definition) is 1. The average molecular weight is 230 g/mol. The van der Waals surface area contributed by atoms with Gasteiger partial charge in [0.1, 0.15) is 18.2 Å². The molecule has 0 aliphatic carbocycles. The third-order valence-electron chi connectivity index (χ3n) is 2.34. The van der Waals surface area contributed by atoms with E-state index in [1.54, 1.807) is 0 Å². The zero-order valence-electron chi connectivity index (χ0n) is 8.68. The van der Waals surface area contributed by atoms with Gasteiger partial charge in [-0.25, -0.2) is 4.39 Å². The third-order valence-corrected chi connectivity index (χ3v) is 2.62. The molecule has 1 unspecified atom stereocenters. The zero-order valence-corrected chi connectivity index (χ0v) is 9.44. The van der Waals surface area contributed by atoms with E-state index in [2.05, 4.69) is 5.32 Å². The maximum absolute atomic E-state index is 13.2. The second-order valence-corrected chi connectivity index (χ2v) is 4.40. The number of rotatable bonds is 2. The van der Waals surface area contributed by atoms with Crippen molar-refractivity contribution in [3.63, 3.8) is 0 Å². The number of hydrogen-bond acceptors (Lipinski definition) is 2. The molecule has 0 aromatic heterocycles. The summed E-state index contributed by atoms with van der Waals surface area (Å²) in [5.74, 6) is 0.288. The van der Waals surface area contributed by atoms with Crippen molar-refractivity contribution in [1.82, 2.24) is 5.32 Å². The minimum atomic E-state index is -0.320. The highest BCUT2D eigenvalue weighted by Gasteiger charge is 2.27. The van der Waals surface area contributed by atoms with E-state index < -0.39 is 0 Å². The smallest absolute Gasteiger partial charge is 0.143 e. The van der Waals surface area contributed by atoms with Crippen molar-refractivity contribution < 1.29 is 9.13 Å². The summed E-state index contributed by atoms with van der Waals surface area (Å²) < 4.78 is 18.6. The first-order valence-corrected chi connectivity index (χ1v) is 5.33. The summed E-state index contributed by atoms with van der Waals surface area (Å²) >= 11 is 5.88. The average Bonchev–Trinajstić information content (AvgIpc) is 2.48. The highest BCUT2D eigenvalue weighted by Crippen LogP contribution is 2.39. The number of nitrogens with one attached hydrogen (secondary N) is 1. The van der Waals surface area contributed by atoms with Crippen molar-refractivity contribution in [3.8, 4) is 5.75 Å². The Bertz CT molecular complexity index is 381. The molecule has 15 heavy (non-hydrogen) atoms. The Balaban J connectivity index is 2.33. The van der Waals surface area contributed by atoms with Gasteiger partial charge < -0.3 is 10.1 Å². The van der Waals surface area contributed by atoms with Gasteiger partial charge in [0.15, 0.2) is 0 Å². The molecule has 1 atom stereocenters. The van der Waals surface area contributed by atoms with Crippen LogP contribution in [-0.2, 0) is 0 Å². The lowest BCUT2D eigenvalue weighted by molar-refractivity contribution is 0.303. The van der Waals surface area contributed by atoms with E-state index in [-0.39, 0.29) is 11.9 Å². The van der Waals surface area contributed by atoms with E-state index in [4.69, 9.17) is 16.3 Å². The molecule has 4 heteroatoms. The molecule has 1 aliphatic heterocycles. The Morgan fingerprint density at radius 3 is 2.93 bits per heavy atom. The van der Waals surface area contributed by atoms with Crippen molar-refractivity contribution in [2.75, 3.05) is 6.61 Å². The Kier molecular flexibility index (Phi) is 2.85. The van der Waals surface area contributed by atoms with Crippen LogP contribution in [0.4, 0.5) is 4.39 Å². The summed E-state index contributed by atoms with van der Waals surface area (Å²) in [5.41, 5.74) is 0.814. The predicted octanol–water partition coefficient (Wildman–Crippen LogP) is 2.91. The van der Waals surface area contributed by atoms with E-state index in [1.807, 2.05) is 13.8 Å². The molecular weight excluding hydrogens is 217 g/mol. The topological polar surface area (TPSA) is 21.3 Å². The highest BCUT2D eigenvalue weighted by atomic mass is 35.5. The minimum absolute atomic E-state index is 0.0354. The lowest BCUT2D eigenvalue weighted by Crippen LogP contribution is -2.29. The van der Waals surface area contributed by atoms with Crippen LogP contribution in [0.2, 0.25) is 5.02 Å². The van der Waals surface area contributed by atoms with E-state index in [0.29, 0.717) is 23.4 Å². The van der Waals surface area contributed by atoms with Gasteiger partial charge in [0.05, 0.1) is 11.1 Å². The standard InChI is InChI=1S/C11H13ClFNO/c1-6(2)14-10-5-15-11-8(10)3-7(13)4-9(11)12/h3-4,6,10,14H,5H2,1-2H3. The van der Waals surface area contributed by atoms with Gasteiger partial charge in [-0.1, -0.05) is 25.4 Å². The quantitative estimate of drug-likeness (QED) is 0.842. The monoisotopic (exact) mass is 229 g/mol. The van der Waals surface area contributed by atoms with Gasteiger partial charge in [-0.15, -0.1) is 0 Å². The summed E-state index contributed by atoms with van der Waals surface area (Å²) in [6, 6.07) is 3.12. The molecule has 0 amide bonds. The first-order valence-electron chi connectivity index (χ1n) is 4.95. The number of fused-ring (bicyclic) bond motifs is 1. The molecular formula is C11H13ClFNO. The molecule has 2 rings (SSSR count). The SMILES string of the molecule is CC(C)NC1COc2c(Cl)cc(F)cc21. The van der Waals surface area contributed by atoms with Crippen molar-refractivity contribution >= 4 is 11.6 Å². The summed E-state index contributed by atoms with van der Waals surface area (Å²) in [6.07, 6.45) is 0. The lowest BCUT2D eigenvalue weighted by Gasteiger charge is -2.14. The van der Waals surface area contributed by atoms with Crippen LogP contribution in [0.1, 0.15) is 25.5 Å². The van der Waals surface area contributed by atoms with Gasteiger partial charge in [0, 0.05) is 11.6 Å². The fraction of sp³-hybridized carbons (Fsp3) is 0.455. The zero-order chi connectivity index (χ0) is 11.0. The Labute approximate surface area is 93.4 Å². The minimum Gasteiger partial charge on any atom is -0.490 e. The van der Waals surface area contributed by atoms with E-state index in [1.165, 1.54) is 12.1 Å². The van der Waals surface area contributed by atoms with Crippen molar-refractivity contribution in [3.05, 3.63) is 28.5 Å². The molecule has 0 bridgehead atoms. The largest absolute Gasteiger partial charge is 0.490 e. The maximum Gasteiger partial charge on any atom is 0.143 e. The van der Waals surface area contributed by atoms with Crippen LogP contribution in [0.15, 0.2) is 12.1 Å². The van der Waals surface area contributed by atoms with Gasteiger partial charge in [0.2, 0.25) is 0 Å². The Hall–Kier alpha value is -0.800. The van der Waals surface area contributed by atoms with Crippen LogP contribution in [0.3, 0.4) is 0 Å². The fourth-order valence-corrected chi connectivity index (χ4v) is 2.06. The molecule has 82 valence electrons. The Morgan fingerprint density at radius 1 is 1.53 bits per heavy atom. The van der Waals surface area contributed by atoms with Crippen molar-refractivity contribution in [2.45, 2.75) is 25.9 Å². The van der Waals surface area contributed by atoms with Crippen LogP contribution in [0.25, 0.3) is 0 Å². The van der Waals surface area contributed by atoms with Gasteiger partial charge in [-0.2, -0.15) is 0 Å². The fourth-order valence-electron chi connectivity index (χ4n) is 1.79. The Morgan fingerprint density at radius 2 is 2.27 bits per heavy atom. The number of halogens is 2. The van der Waals surface area contributed by atoms with E-state index in [9.17, 15) is 4.39 Å². The first kappa shape index (κ1) is 10.7. The first-order chi connectivity index (χ1) is 7.08. The van der Waals surface area contributed by atoms with Crippen LogP contribution >= 0.6 is 11.6 Å². The summed E-state index contributed by atoms with van der Waals surface area (Å²) in [6.45, 7) is 4.59. The number of ether oxygens (including phenoxy) is 1. The van der Waals surface area contributed by atoms with Crippen LogP contribution in [-0.4, -0.2) is 12.6 Å². The second-order valence-electron chi connectivity index (χ2n) is 3.99. The molecule has 1 aliphatic rings. The van der Waals surface area contributed by atoms with Gasteiger partial charge in [-0.3, -0.25) is 0 Å². The van der Waals surface area contributed by atoms with Gasteiger partial charge in [-0.05, 0) is 12.1 Å². The van der Waals surface area contributed by atoms with Crippen LogP contribution < -0.4 is 10.1 Å². The van der Waals surface area contributed by atoms with Crippen molar-refractivity contribution in [1.29, 1.82) is 0 Å². The number of benzene rings is 1. The molecule has 1 aromatic rings. The van der Waals surface area contributed by atoms with Gasteiger partial charge >= 0.3 is 0 Å². The van der Waals surface area contributed by atoms with E-state index >= 15 is 0 Å². The molecule has 0 fully saturated rings. The molecule has 1 aromatic carbocycles. The third kappa shape index (κ3) is 2.08. The summed E-state index contributed by atoms with van der Waals surface area (Å²) in [7, 11) is 0. The van der Waals surface area contributed by atoms with Gasteiger partial charge in [0.25, 0.3) is 0 Å². The normalized spacial score (nSPS) is 19.1. The summed E-state index contributed by atoms with van der Waals surface area (Å²) in [5, 5.41) is 3.65. The molecule has 1 N–H and O–H groups in total.